The van der Waals surface area contributed by atoms with E-state index in [0.29, 0.717) is 6.04 Å². The van der Waals surface area contributed by atoms with Gasteiger partial charge in [-0.2, -0.15) is 5.10 Å². The number of hydrogen-bond acceptors (Lipinski definition) is 4. The third-order valence-electron chi connectivity index (χ3n) is 3.22. The zero-order valence-electron chi connectivity index (χ0n) is 11.9. The van der Waals surface area contributed by atoms with Crippen molar-refractivity contribution in [3.8, 4) is 0 Å². The lowest BCUT2D eigenvalue weighted by atomic mass is 10.1. The molecule has 1 atom stereocenters. The summed E-state index contributed by atoms with van der Waals surface area (Å²) in [5.41, 5.74) is 4.40. The van der Waals surface area contributed by atoms with Crippen LogP contribution in [0.4, 0.5) is 0 Å². The maximum Gasteiger partial charge on any atom is 0.0798 e. The van der Waals surface area contributed by atoms with Gasteiger partial charge in [-0.1, -0.05) is 6.92 Å². The van der Waals surface area contributed by atoms with Crippen molar-refractivity contribution in [1.29, 1.82) is 0 Å². The molecule has 1 unspecified atom stereocenters. The highest BCUT2D eigenvalue weighted by Gasteiger charge is 2.15. The third kappa shape index (κ3) is 3.88. The van der Waals surface area contributed by atoms with Gasteiger partial charge in [0.05, 0.1) is 17.4 Å². The van der Waals surface area contributed by atoms with Crippen LogP contribution in [0.25, 0.3) is 0 Å². The summed E-state index contributed by atoms with van der Waals surface area (Å²) in [6, 6.07) is 0.410. The molecule has 4 nitrogen and oxygen atoms in total. The molecule has 19 heavy (non-hydrogen) atoms. The summed E-state index contributed by atoms with van der Waals surface area (Å²) in [5, 5.41) is 7.86. The van der Waals surface area contributed by atoms with Crippen molar-refractivity contribution in [3.63, 3.8) is 0 Å². The van der Waals surface area contributed by atoms with Gasteiger partial charge in [-0.25, -0.2) is 4.98 Å². The van der Waals surface area contributed by atoms with Gasteiger partial charge in [0.1, 0.15) is 0 Å². The SMILES string of the molecule is CCCNC(CCc1cnn(C)c1)c1scnc1C. The molecule has 2 aromatic heterocycles. The molecular weight excluding hydrogens is 256 g/mol. The van der Waals surface area contributed by atoms with Gasteiger partial charge in [0, 0.05) is 24.2 Å². The van der Waals surface area contributed by atoms with Crippen LogP contribution < -0.4 is 5.32 Å². The number of aryl methyl sites for hydroxylation is 3. The van der Waals surface area contributed by atoms with E-state index in [1.54, 1.807) is 11.3 Å². The Morgan fingerprint density at radius 2 is 2.32 bits per heavy atom. The van der Waals surface area contributed by atoms with Crippen LogP contribution in [0.15, 0.2) is 17.9 Å². The van der Waals surface area contributed by atoms with Crippen molar-refractivity contribution in [1.82, 2.24) is 20.1 Å². The van der Waals surface area contributed by atoms with Crippen molar-refractivity contribution >= 4 is 11.3 Å². The van der Waals surface area contributed by atoms with Crippen LogP contribution in [-0.2, 0) is 13.5 Å². The maximum absolute atomic E-state index is 4.37. The van der Waals surface area contributed by atoms with Crippen LogP contribution in [0.5, 0.6) is 0 Å². The van der Waals surface area contributed by atoms with E-state index in [4.69, 9.17) is 0 Å². The minimum absolute atomic E-state index is 0.410. The fourth-order valence-corrected chi connectivity index (χ4v) is 3.11. The van der Waals surface area contributed by atoms with Crippen LogP contribution in [0, 0.1) is 6.92 Å². The summed E-state index contributed by atoms with van der Waals surface area (Å²) in [5.74, 6) is 0. The van der Waals surface area contributed by atoms with E-state index in [0.717, 1.165) is 31.5 Å². The number of aromatic nitrogens is 3. The first-order valence-corrected chi connectivity index (χ1v) is 7.69. The highest BCUT2D eigenvalue weighted by molar-refractivity contribution is 7.09. The fraction of sp³-hybridized carbons (Fsp3) is 0.571. The molecule has 2 aromatic rings. The summed E-state index contributed by atoms with van der Waals surface area (Å²) >= 11 is 1.75. The number of thiazole rings is 1. The van der Waals surface area contributed by atoms with Crippen LogP contribution >= 0.6 is 11.3 Å². The summed E-state index contributed by atoms with van der Waals surface area (Å²) in [6.07, 6.45) is 7.34. The second kappa shape index (κ2) is 6.82. The third-order valence-corrected chi connectivity index (χ3v) is 4.26. The molecule has 0 saturated heterocycles. The lowest BCUT2D eigenvalue weighted by Crippen LogP contribution is -2.22. The van der Waals surface area contributed by atoms with E-state index in [-0.39, 0.29) is 0 Å². The predicted octanol–water partition coefficient (Wildman–Crippen LogP) is 2.86. The lowest BCUT2D eigenvalue weighted by molar-refractivity contribution is 0.503. The van der Waals surface area contributed by atoms with E-state index in [1.165, 1.54) is 10.4 Å². The molecule has 0 spiro atoms. The largest absolute Gasteiger partial charge is 0.309 e. The van der Waals surface area contributed by atoms with Crippen LogP contribution in [0.1, 0.15) is 41.9 Å². The molecule has 0 saturated carbocycles. The van der Waals surface area contributed by atoms with Crippen molar-refractivity contribution in [2.75, 3.05) is 6.54 Å². The minimum atomic E-state index is 0.410. The first kappa shape index (κ1) is 14.2. The van der Waals surface area contributed by atoms with Crippen molar-refractivity contribution in [2.24, 2.45) is 7.05 Å². The van der Waals surface area contributed by atoms with E-state index in [9.17, 15) is 0 Å². The van der Waals surface area contributed by atoms with Crippen LogP contribution in [0.2, 0.25) is 0 Å². The van der Waals surface area contributed by atoms with Gasteiger partial charge in [0.15, 0.2) is 0 Å². The van der Waals surface area contributed by atoms with E-state index in [2.05, 4.69) is 35.4 Å². The zero-order chi connectivity index (χ0) is 13.7. The Morgan fingerprint density at radius 3 is 2.89 bits per heavy atom. The van der Waals surface area contributed by atoms with Gasteiger partial charge in [-0.05, 0) is 38.3 Å². The molecule has 5 heteroatoms. The Labute approximate surface area is 118 Å². The molecule has 0 aliphatic heterocycles. The van der Waals surface area contributed by atoms with Crippen molar-refractivity contribution in [3.05, 3.63) is 34.0 Å². The Kier molecular flexibility index (Phi) is 5.10. The van der Waals surface area contributed by atoms with Gasteiger partial charge >= 0.3 is 0 Å². The summed E-state index contributed by atoms with van der Waals surface area (Å²) in [4.78, 5) is 5.74. The molecule has 104 valence electrons. The molecule has 2 heterocycles. The number of nitrogens with one attached hydrogen (secondary N) is 1. The monoisotopic (exact) mass is 278 g/mol. The number of rotatable bonds is 7. The Bertz CT molecular complexity index is 503. The summed E-state index contributed by atoms with van der Waals surface area (Å²) < 4.78 is 1.86. The van der Waals surface area contributed by atoms with E-state index in [1.807, 2.05) is 23.4 Å². The molecule has 0 bridgehead atoms. The molecule has 2 rings (SSSR count). The smallest absolute Gasteiger partial charge is 0.0798 e. The maximum atomic E-state index is 4.37. The molecule has 1 N–H and O–H groups in total. The average Bonchev–Trinajstić information content (AvgIpc) is 2.99. The van der Waals surface area contributed by atoms with E-state index >= 15 is 0 Å². The summed E-state index contributed by atoms with van der Waals surface area (Å²) in [6.45, 7) is 5.34. The van der Waals surface area contributed by atoms with Gasteiger partial charge in [0.25, 0.3) is 0 Å². The van der Waals surface area contributed by atoms with Gasteiger partial charge < -0.3 is 5.32 Å². The highest BCUT2D eigenvalue weighted by Crippen LogP contribution is 2.25. The van der Waals surface area contributed by atoms with Gasteiger partial charge in [-0.3, -0.25) is 4.68 Å². The highest BCUT2D eigenvalue weighted by atomic mass is 32.1. The number of nitrogens with zero attached hydrogens (tertiary/aromatic N) is 3. The normalized spacial score (nSPS) is 12.8. The summed E-state index contributed by atoms with van der Waals surface area (Å²) in [7, 11) is 1.96. The molecule has 0 aliphatic carbocycles. The predicted molar refractivity (Wildman–Crippen MR) is 79.4 cm³/mol. The van der Waals surface area contributed by atoms with Gasteiger partial charge in [0.2, 0.25) is 0 Å². The first-order valence-electron chi connectivity index (χ1n) is 6.81. The zero-order valence-corrected chi connectivity index (χ0v) is 12.7. The quantitative estimate of drug-likeness (QED) is 0.847. The standard InChI is InChI=1S/C14H22N4S/c1-4-7-15-13(14-11(2)16-10-19-14)6-5-12-8-17-18(3)9-12/h8-10,13,15H,4-7H2,1-3H3. The average molecular weight is 278 g/mol. The molecule has 0 amide bonds. The Balaban J connectivity index is 2.00. The second-order valence-corrected chi connectivity index (χ2v) is 5.76. The second-order valence-electron chi connectivity index (χ2n) is 4.87. The molecule has 0 radical (unpaired) electrons. The molecule has 0 fully saturated rings. The van der Waals surface area contributed by atoms with Crippen LogP contribution in [0.3, 0.4) is 0 Å². The van der Waals surface area contributed by atoms with Crippen molar-refractivity contribution in [2.45, 2.75) is 39.2 Å². The minimum Gasteiger partial charge on any atom is -0.309 e. The first-order chi connectivity index (χ1) is 9.20. The Hall–Kier alpha value is -1.20. The fourth-order valence-electron chi connectivity index (χ4n) is 2.20. The number of hydrogen-bond donors (Lipinski definition) is 1. The molecule has 0 aromatic carbocycles. The topological polar surface area (TPSA) is 42.7 Å². The van der Waals surface area contributed by atoms with Crippen LogP contribution in [-0.4, -0.2) is 21.3 Å². The Morgan fingerprint density at radius 1 is 1.47 bits per heavy atom. The van der Waals surface area contributed by atoms with Gasteiger partial charge in [-0.15, -0.1) is 11.3 Å². The van der Waals surface area contributed by atoms with Crippen molar-refractivity contribution < 1.29 is 0 Å². The molecule has 0 aliphatic rings. The van der Waals surface area contributed by atoms with E-state index < -0.39 is 0 Å². The lowest BCUT2D eigenvalue weighted by Gasteiger charge is -2.17. The molecular formula is C14H22N4S.